The lowest BCUT2D eigenvalue weighted by atomic mass is 10.0. The molecule has 1 unspecified atom stereocenters. The van der Waals surface area contributed by atoms with Crippen LogP contribution in [0.3, 0.4) is 0 Å². The summed E-state index contributed by atoms with van der Waals surface area (Å²) in [6.07, 6.45) is 3.97. The van der Waals surface area contributed by atoms with E-state index in [1.54, 1.807) is 36.7 Å². The molecule has 1 aromatic heterocycles. The molecule has 150 valence electrons. The number of aliphatic carboxylic acids is 2. The van der Waals surface area contributed by atoms with E-state index < -0.39 is 24.0 Å². The maximum atomic E-state index is 11.6. The van der Waals surface area contributed by atoms with Crippen LogP contribution in [0.1, 0.15) is 31.4 Å². The third-order valence-electron chi connectivity index (χ3n) is 4.20. The lowest BCUT2D eigenvalue weighted by molar-refractivity contribution is -0.142. The van der Waals surface area contributed by atoms with Crippen molar-refractivity contribution in [3.05, 3.63) is 59.9 Å². The van der Waals surface area contributed by atoms with Crippen molar-refractivity contribution in [1.29, 1.82) is 0 Å². The van der Waals surface area contributed by atoms with E-state index in [1.165, 1.54) is 0 Å². The van der Waals surface area contributed by atoms with Crippen LogP contribution in [-0.4, -0.2) is 39.2 Å². The Morgan fingerprint density at radius 2 is 1.71 bits per heavy atom. The smallest absolute Gasteiger partial charge is 0.321 e. The molecule has 7 heteroatoms. The molecule has 1 aromatic carbocycles. The molecule has 1 heterocycles. The number of carboxylic acid groups (broad SMARTS) is 2. The van der Waals surface area contributed by atoms with Crippen LogP contribution in [0, 0.1) is 5.92 Å². The van der Waals surface area contributed by atoms with Crippen LogP contribution in [0.4, 0.5) is 0 Å². The highest BCUT2D eigenvalue weighted by molar-refractivity contribution is 5.77. The first-order valence-electron chi connectivity index (χ1n) is 9.17. The summed E-state index contributed by atoms with van der Waals surface area (Å²) >= 11 is 0. The van der Waals surface area contributed by atoms with Gasteiger partial charge in [-0.05, 0) is 42.5 Å². The molecular formula is C21H26N2O5. The molecule has 2 atom stereocenters. The van der Waals surface area contributed by atoms with Crippen molar-refractivity contribution >= 4 is 11.9 Å². The molecule has 0 aliphatic rings. The van der Waals surface area contributed by atoms with Crippen molar-refractivity contribution in [3.63, 3.8) is 0 Å². The Morgan fingerprint density at radius 3 is 2.25 bits per heavy atom. The number of benzene rings is 1. The molecule has 0 amide bonds. The molecule has 7 nitrogen and oxygen atoms in total. The van der Waals surface area contributed by atoms with Gasteiger partial charge in [-0.1, -0.05) is 32.0 Å². The van der Waals surface area contributed by atoms with Crippen LogP contribution in [0.25, 0.3) is 0 Å². The van der Waals surface area contributed by atoms with Gasteiger partial charge >= 0.3 is 11.9 Å². The van der Waals surface area contributed by atoms with Gasteiger partial charge in [0.25, 0.3) is 0 Å². The maximum absolute atomic E-state index is 11.6. The van der Waals surface area contributed by atoms with Gasteiger partial charge in [-0.25, -0.2) is 0 Å². The van der Waals surface area contributed by atoms with E-state index in [-0.39, 0.29) is 12.3 Å². The summed E-state index contributed by atoms with van der Waals surface area (Å²) in [5, 5.41) is 21.6. The normalized spacial score (nSPS) is 13.1. The first kappa shape index (κ1) is 21.4. The predicted molar refractivity (Wildman–Crippen MR) is 104 cm³/mol. The summed E-state index contributed by atoms with van der Waals surface area (Å²) in [4.78, 5) is 27.0. The van der Waals surface area contributed by atoms with Crippen LogP contribution in [0.15, 0.2) is 48.8 Å². The minimum Gasteiger partial charge on any atom is -0.489 e. The standard InChI is InChI=1S/C21H26N2O5/c1-14(2)10-18(20(24)25)23-19(21(26)27)11-15-5-7-17(8-6-15)28-13-16-4-3-9-22-12-16/h3-9,12,14,18-19,23H,10-11,13H2,1-2H3,(H,24,25)(H,26,27)/t18?,19-/m0/s1. The molecule has 0 aliphatic heterocycles. The molecule has 2 aromatic rings. The van der Waals surface area contributed by atoms with E-state index in [4.69, 9.17) is 4.74 Å². The SMILES string of the molecule is CC(C)CC(N[C@@H](Cc1ccc(OCc2cccnc2)cc1)C(=O)O)C(=O)O. The zero-order chi connectivity index (χ0) is 20.5. The topological polar surface area (TPSA) is 109 Å². The number of carbonyl (C=O) groups is 2. The molecule has 0 fully saturated rings. The van der Waals surface area contributed by atoms with Gasteiger partial charge in [0.05, 0.1) is 0 Å². The second-order valence-corrected chi connectivity index (χ2v) is 7.08. The van der Waals surface area contributed by atoms with Gasteiger partial charge in [-0.2, -0.15) is 0 Å². The van der Waals surface area contributed by atoms with Crippen molar-refractivity contribution < 1.29 is 24.5 Å². The molecule has 0 radical (unpaired) electrons. The number of nitrogens with zero attached hydrogens (tertiary/aromatic N) is 1. The van der Waals surface area contributed by atoms with Gasteiger partial charge in [0.2, 0.25) is 0 Å². The summed E-state index contributed by atoms with van der Waals surface area (Å²) in [5.74, 6) is -1.32. The van der Waals surface area contributed by atoms with Crippen molar-refractivity contribution in [2.45, 2.75) is 45.4 Å². The summed E-state index contributed by atoms with van der Waals surface area (Å²) in [7, 11) is 0. The average molecular weight is 386 g/mol. The molecule has 2 rings (SSSR count). The lowest BCUT2D eigenvalue weighted by Gasteiger charge is -2.21. The molecule has 0 aliphatic carbocycles. The van der Waals surface area contributed by atoms with Crippen molar-refractivity contribution in [1.82, 2.24) is 10.3 Å². The zero-order valence-electron chi connectivity index (χ0n) is 16.0. The molecular weight excluding hydrogens is 360 g/mol. The number of pyridine rings is 1. The highest BCUT2D eigenvalue weighted by Crippen LogP contribution is 2.16. The van der Waals surface area contributed by atoms with E-state index in [9.17, 15) is 19.8 Å². The number of rotatable bonds is 11. The van der Waals surface area contributed by atoms with Gasteiger partial charge in [-0.15, -0.1) is 0 Å². The van der Waals surface area contributed by atoms with Crippen LogP contribution >= 0.6 is 0 Å². The monoisotopic (exact) mass is 386 g/mol. The van der Waals surface area contributed by atoms with Crippen molar-refractivity contribution in [2.24, 2.45) is 5.92 Å². The fourth-order valence-corrected chi connectivity index (χ4v) is 2.78. The van der Waals surface area contributed by atoms with Crippen LogP contribution in [-0.2, 0) is 22.6 Å². The third kappa shape index (κ3) is 7.00. The Kier molecular flexibility index (Phi) is 7.95. The first-order valence-corrected chi connectivity index (χ1v) is 9.17. The zero-order valence-corrected chi connectivity index (χ0v) is 16.0. The Balaban J connectivity index is 1.97. The third-order valence-corrected chi connectivity index (χ3v) is 4.20. The van der Waals surface area contributed by atoms with Crippen molar-refractivity contribution in [2.75, 3.05) is 0 Å². The van der Waals surface area contributed by atoms with Crippen LogP contribution in [0.2, 0.25) is 0 Å². The van der Waals surface area contributed by atoms with Gasteiger partial charge in [0, 0.05) is 18.0 Å². The number of hydrogen-bond acceptors (Lipinski definition) is 5. The largest absolute Gasteiger partial charge is 0.489 e. The quantitative estimate of drug-likeness (QED) is 0.545. The summed E-state index contributed by atoms with van der Waals surface area (Å²) in [6.45, 7) is 4.19. The summed E-state index contributed by atoms with van der Waals surface area (Å²) < 4.78 is 5.69. The number of ether oxygens (including phenoxy) is 1. The molecule has 3 N–H and O–H groups in total. The Morgan fingerprint density at radius 1 is 1.04 bits per heavy atom. The number of carboxylic acids is 2. The number of aromatic nitrogens is 1. The summed E-state index contributed by atoms with van der Waals surface area (Å²) in [5.41, 5.74) is 1.73. The van der Waals surface area contributed by atoms with E-state index in [2.05, 4.69) is 10.3 Å². The molecule has 0 bridgehead atoms. The van der Waals surface area contributed by atoms with Crippen molar-refractivity contribution in [3.8, 4) is 5.75 Å². The average Bonchev–Trinajstić information content (AvgIpc) is 2.66. The first-order chi connectivity index (χ1) is 13.3. The Hall–Kier alpha value is -2.93. The van der Waals surface area contributed by atoms with Crippen LogP contribution in [0.5, 0.6) is 5.75 Å². The highest BCUT2D eigenvalue weighted by atomic mass is 16.5. The van der Waals surface area contributed by atoms with Gasteiger partial charge in [-0.3, -0.25) is 19.9 Å². The molecule has 0 saturated heterocycles. The van der Waals surface area contributed by atoms with E-state index >= 15 is 0 Å². The van der Waals surface area contributed by atoms with Gasteiger partial charge in [0.15, 0.2) is 0 Å². The summed E-state index contributed by atoms with van der Waals surface area (Å²) in [6, 6.07) is 8.99. The van der Waals surface area contributed by atoms with Crippen LogP contribution < -0.4 is 10.1 Å². The molecule has 0 saturated carbocycles. The maximum Gasteiger partial charge on any atom is 0.321 e. The Bertz CT molecular complexity index is 762. The second kappa shape index (κ2) is 10.4. The van der Waals surface area contributed by atoms with E-state index in [1.807, 2.05) is 26.0 Å². The molecule has 28 heavy (non-hydrogen) atoms. The number of nitrogens with one attached hydrogen (secondary N) is 1. The second-order valence-electron chi connectivity index (χ2n) is 7.08. The Labute approximate surface area is 164 Å². The minimum absolute atomic E-state index is 0.138. The molecule has 0 spiro atoms. The van der Waals surface area contributed by atoms with Gasteiger partial charge < -0.3 is 14.9 Å². The predicted octanol–water partition coefficient (Wildman–Crippen LogP) is 2.75. The fourth-order valence-electron chi connectivity index (χ4n) is 2.78. The van der Waals surface area contributed by atoms with E-state index in [0.29, 0.717) is 18.8 Å². The fraction of sp³-hybridized carbons (Fsp3) is 0.381. The number of hydrogen-bond donors (Lipinski definition) is 3. The van der Waals surface area contributed by atoms with E-state index in [0.717, 1.165) is 11.1 Å². The van der Waals surface area contributed by atoms with Gasteiger partial charge in [0.1, 0.15) is 24.4 Å². The highest BCUT2D eigenvalue weighted by Gasteiger charge is 2.26. The minimum atomic E-state index is -1.08. The lowest BCUT2D eigenvalue weighted by Crippen LogP contribution is -2.48.